The van der Waals surface area contributed by atoms with E-state index < -0.39 is 0 Å². The number of rotatable bonds is 4. The van der Waals surface area contributed by atoms with Gasteiger partial charge < -0.3 is 10.2 Å². The zero-order valence-electron chi connectivity index (χ0n) is 12.6. The number of anilines is 1. The summed E-state index contributed by atoms with van der Waals surface area (Å²) in [6.45, 7) is 5.87. The molecule has 2 heterocycles. The van der Waals surface area contributed by atoms with Gasteiger partial charge in [-0.1, -0.05) is 25.8 Å². The standard InChI is InChI=1S/C16H25N3O/c1-3-13-9-6-5-7-12-19(13)16(20)14-10-8-11-15(18-14)17-4-2/h8,10-11,13H,3-7,9,12H2,1-2H3,(H,17,18). The number of nitrogens with zero attached hydrogens (tertiary/aromatic N) is 2. The monoisotopic (exact) mass is 275 g/mol. The van der Waals surface area contributed by atoms with Gasteiger partial charge in [0.15, 0.2) is 0 Å². The molecule has 1 fully saturated rings. The van der Waals surface area contributed by atoms with Crippen molar-refractivity contribution in [2.45, 2.75) is 52.0 Å². The van der Waals surface area contributed by atoms with E-state index in [-0.39, 0.29) is 5.91 Å². The Morgan fingerprint density at radius 1 is 1.35 bits per heavy atom. The first-order chi connectivity index (χ1) is 9.76. The van der Waals surface area contributed by atoms with E-state index in [9.17, 15) is 4.79 Å². The van der Waals surface area contributed by atoms with Crippen LogP contribution in [0.3, 0.4) is 0 Å². The van der Waals surface area contributed by atoms with Gasteiger partial charge in [0, 0.05) is 19.1 Å². The molecule has 1 amide bonds. The SMILES string of the molecule is CCNc1cccc(C(=O)N2CCCCCC2CC)n1. The minimum Gasteiger partial charge on any atom is -0.370 e. The molecule has 0 bridgehead atoms. The number of likely N-dealkylation sites (tertiary alicyclic amines) is 1. The molecule has 1 aliphatic heterocycles. The van der Waals surface area contributed by atoms with Crippen LogP contribution in [0.25, 0.3) is 0 Å². The van der Waals surface area contributed by atoms with E-state index in [0.29, 0.717) is 11.7 Å². The molecule has 110 valence electrons. The zero-order valence-corrected chi connectivity index (χ0v) is 12.6. The number of hydrogen-bond acceptors (Lipinski definition) is 3. The third-order valence-corrected chi connectivity index (χ3v) is 3.94. The summed E-state index contributed by atoms with van der Waals surface area (Å²) >= 11 is 0. The lowest BCUT2D eigenvalue weighted by Crippen LogP contribution is -2.40. The predicted octanol–water partition coefficient (Wildman–Crippen LogP) is 3.31. The molecule has 1 aromatic rings. The van der Waals surface area contributed by atoms with Crippen molar-refractivity contribution in [3.63, 3.8) is 0 Å². The van der Waals surface area contributed by atoms with Crippen molar-refractivity contribution in [1.82, 2.24) is 9.88 Å². The Morgan fingerprint density at radius 2 is 2.20 bits per heavy atom. The molecule has 4 nitrogen and oxygen atoms in total. The molecular weight excluding hydrogens is 250 g/mol. The van der Waals surface area contributed by atoms with Crippen molar-refractivity contribution in [2.75, 3.05) is 18.4 Å². The summed E-state index contributed by atoms with van der Waals surface area (Å²) in [5.41, 5.74) is 0.559. The van der Waals surface area contributed by atoms with Crippen LogP contribution in [-0.4, -0.2) is 34.9 Å². The molecule has 1 aliphatic rings. The van der Waals surface area contributed by atoms with Gasteiger partial charge in [-0.3, -0.25) is 4.79 Å². The van der Waals surface area contributed by atoms with E-state index in [1.54, 1.807) is 0 Å². The highest BCUT2D eigenvalue weighted by Crippen LogP contribution is 2.21. The maximum atomic E-state index is 12.7. The second-order valence-electron chi connectivity index (χ2n) is 5.35. The summed E-state index contributed by atoms with van der Waals surface area (Å²) in [5.74, 6) is 0.861. The van der Waals surface area contributed by atoms with Crippen molar-refractivity contribution < 1.29 is 4.79 Å². The van der Waals surface area contributed by atoms with Crippen LogP contribution < -0.4 is 5.32 Å². The third-order valence-electron chi connectivity index (χ3n) is 3.94. The molecule has 0 saturated carbocycles. The Morgan fingerprint density at radius 3 is 2.95 bits per heavy atom. The van der Waals surface area contributed by atoms with Crippen molar-refractivity contribution in [3.8, 4) is 0 Å². The highest BCUT2D eigenvalue weighted by atomic mass is 16.2. The number of aromatic nitrogens is 1. The first-order valence-electron chi connectivity index (χ1n) is 7.78. The molecule has 0 spiro atoms. The fraction of sp³-hybridized carbons (Fsp3) is 0.625. The van der Waals surface area contributed by atoms with Crippen LogP contribution in [0.5, 0.6) is 0 Å². The molecular formula is C16H25N3O. The highest BCUT2D eigenvalue weighted by Gasteiger charge is 2.25. The number of carbonyl (C=O) groups excluding carboxylic acids is 1. The third kappa shape index (κ3) is 3.50. The number of amides is 1. The zero-order chi connectivity index (χ0) is 14.4. The first kappa shape index (κ1) is 14.8. The van der Waals surface area contributed by atoms with Crippen LogP contribution in [0, 0.1) is 0 Å². The van der Waals surface area contributed by atoms with Crippen LogP contribution in [0.4, 0.5) is 5.82 Å². The second-order valence-corrected chi connectivity index (χ2v) is 5.35. The molecule has 20 heavy (non-hydrogen) atoms. The average molecular weight is 275 g/mol. The molecule has 0 aromatic carbocycles. The number of carbonyl (C=O) groups is 1. The Bertz CT molecular complexity index is 447. The van der Waals surface area contributed by atoms with E-state index in [2.05, 4.69) is 17.2 Å². The largest absolute Gasteiger partial charge is 0.370 e. The summed E-state index contributed by atoms with van der Waals surface area (Å²) in [4.78, 5) is 19.2. The summed E-state index contributed by atoms with van der Waals surface area (Å²) in [5, 5.41) is 3.16. The van der Waals surface area contributed by atoms with Crippen molar-refractivity contribution in [1.29, 1.82) is 0 Å². The smallest absolute Gasteiger partial charge is 0.272 e. The van der Waals surface area contributed by atoms with Crippen molar-refractivity contribution in [3.05, 3.63) is 23.9 Å². The molecule has 0 radical (unpaired) electrons. The topological polar surface area (TPSA) is 45.2 Å². The van der Waals surface area contributed by atoms with Crippen LogP contribution in [0.2, 0.25) is 0 Å². The Kier molecular flexibility index (Phi) is 5.39. The average Bonchev–Trinajstić information content (AvgIpc) is 2.72. The van der Waals surface area contributed by atoms with E-state index in [1.165, 1.54) is 12.8 Å². The fourth-order valence-corrected chi connectivity index (χ4v) is 2.85. The maximum absolute atomic E-state index is 12.7. The van der Waals surface area contributed by atoms with Gasteiger partial charge in [-0.05, 0) is 38.3 Å². The van der Waals surface area contributed by atoms with Gasteiger partial charge in [0.1, 0.15) is 11.5 Å². The fourth-order valence-electron chi connectivity index (χ4n) is 2.85. The van der Waals surface area contributed by atoms with Gasteiger partial charge in [0.2, 0.25) is 0 Å². The lowest BCUT2D eigenvalue weighted by Gasteiger charge is -2.29. The van der Waals surface area contributed by atoms with Gasteiger partial charge in [0.05, 0.1) is 0 Å². The van der Waals surface area contributed by atoms with Crippen LogP contribution >= 0.6 is 0 Å². The number of pyridine rings is 1. The second kappa shape index (κ2) is 7.27. The summed E-state index contributed by atoms with van der Waals surface area (Å²) in [7, 11) is 0. The minimum atomic E-state index is 0.0819. The summed E-state index contributed by atoms with van der Waals surface area (Å²) in [6.07, 6.45) is 5.71. The van der Waals surface area contributed by atoms with Crippen LogP contribution in [0.15, 0.2) is 18.2 Å². The molecule has 1 saturated heterocycles. The normalized spacial score (nSPS) is 19.5. The van der Waals surface area contributed by atoms with Gasteiger partial charge in [0.25, 0.3) is 5.91 Å². The lowest BCUT2D eigenvalue weighted by atomic mass is 10.1. The van der Waals surface area contributed by atoms with Gasteiger partial charge in [-0.15, -0.1) is 0 Å². The Labute approximate surface area is 121 Å². The van der Waals surface area contributed by atoms with E-state index in [0.717, 1.165) is 38.2 Å². The first-order valence-corrected chi connectivity index (χ1v) is 7.78. The van der Waals surface area contributed by atoms with E-state index >= 15 is 0 Å². The quantitative estimate of drug-likeness (QED) is 0.917. The highest BCUT2D eigenvalue weighted by molar-refractivity contribution is 5.93. The van der Waals surface area contributed by atoms with Crippen LogP contribution in [0.1, 0.15) is 56.4 Å². The van der Waals surface area contributed by atoms with Crippen LogP contribution in [-0.2, 0) is 0 Å². The lowest BCUT2D eigenvalue weighted by molar-refractivity contribution is 0.0672. The molecule has 1 atom stereocenters. The molecule has 1 N–H and O–H groups in total. The Balaban J connectivity index is 2.17. The summed E-state index contributed by atoms with van der Waals surface area (Å²) in [6, 6.07) is 5.99. The van der Waals surface area contributed by atoms with E-state index in [4.69, 9.17) is 0 Å². The summed E-state index contributed by atoms with van der Waals surface area (Å²) < 4.78 is 0. The maximum Gasteiger partial charge on any atom is 0.272 e. The van der Waals surface area contributed by atoms with Gasteiger partial charge in [-0.25, -0.2) is 4.98 Å². The molecule has 4 heteroatoms. The molecule has 2 rings (SSSR count). The molecule has 0 aliphatic carbocycles. The molecule has 1 aromatic heterocycles. The van der Waals surface area contributed by atoms with Gasteiger partial charge >= 0.3 is 0 Å². The number of nitrogens with one attached hydrogen (secondary N) is 1. The Hall–Kier alpha value is -1.58. The van der Waals surface area contributed by atoms with Crippen molar-refractivity contribution >= 4 is 11.7 Å². The minimum absolute atomic E-state index is 0.0819. The molecule has 1 unspecified atom stereocenters. The van der Waals surface area contributed by atoms with Gasteiger partial charge in [-0.2, -0.15) is 0 Å². The predicted molar refractivity (Wildman–Crippen MR) is 82.0 cm³/mol. The van der Waals surface area contributed by atoms with Crippen molar-refractivity contribution in [2.24, 2.45) is 0 Å². The van der Waals surface area contributed by atoms with E-state index in [1.807, 2.05) is 30.0 Å². The number of hydrogen-bond donors (Lipinski definition) is 1.